The van der Waals surface area contributed by atoms with Crippen molar-refractivity contribution in [1.29, 1.82) is 0 Å². The van der Waals surface area contributed by atoms with Crippen LogP contribution in [0, 0.1) is 5.92 Å². The monoisotopic (exact) mass is 443 g/mol. The van der Waals surface area contributed by atoms with Crippen LogP contribution in [0.25, 0.3) is 5.76 Å². The summed E-state index contributed by atoms with van der Waals surface area (Å²) in [5.41, 5.74) is 1.29. The quantitative estimate of drug-likeness (QED) is 0.418. The first-order valence-electron chi connectivity index (χ1n) is 9.03. The number of likely N-dealkylation sites (tertiary alicyclic amines) is 1. The number of aliphatic hydroxyl groups is 1. The summed E-state index contributed by atoms with van der Waals surface area (Å²) in [5.74, 6) is -0.430. The molecule has 6 heteroatoms. The average molecular weight is 444 g/mol. The number of benzene rings is 2. The maximum absolute atomic E-state index is 12.6. The number of ketones is 1. The van der Waals surface area contributed by atoms with E-state index in [1.807, 2.05) is 24.3 Å². The maximum Gasteiger partial charge on any atom is 0.295 e. The molecule has 0 aromatic heterocycles. The highest BCUT2D eigenvalue weighted by Gasteiger charge is 2.44. The molecule has 1 fully saturated rings. The average Bonchev–Trinajstić information content (AvgIpc) is 2.90. The highest BCUT2D eigenvalue weighted by atomic mass is 79.9. The summed E-state index contributed by atoms with van der Waals surface area (Å²) < 4.78 is 6.48. The summed E-state index contributed by atoms with van der Waals surface area (Å²) in [5, 5.41) is 10.9. The Morgan fingerprint density at radius 2 is 1.86 bits per heavy atom. The molecule has 5 nitrogen and oxygen atoms in total. The van der Waals surface area contributed by atoms with Gasteiger partial charge in [0, 0.05) is 17.1 Å². The zero-order chi connectivity index (χ0) is 20.4. The van der Waals surface area contributed by atoms with Crippen molar-refractivity contribution < 1.29 is 19.4 Å². The van der Waals surface area contributed by atoms with E-state index in [4.69, 9.17) is 4.74 Å². The Morgan fingerprint density at radius 3 is 2.46 bits per heavy atom. The van der Waals surface area contributed by atoms with Crippen LogP contribution in [0.3, 0.4) is 0 Å². The topological polar surface area (TPSA) is 66.8 Å². The van der Waals surface area contributed by atoms with Crippen LogP contribution in [0.1, 0.15) is 31.0 Å². The van der Waals surface area contributed by atoms with Crippen molar-refractivity contribution in [2.75, 3.05) is 13.7 Å². The fourth-order valence-corrected chi connectivity index (χ4v) is 3.56. The van der Waals surface area contributed by atoms with Crippen LogP contribution in [0.5, 0.6) is 5.75 Å². The third kappa shape index (κ3) is 3.97. The van der Waals surface area contributed by atoms with E-state index in [0.29, 0.717) is 23.8 Å². The summed E-state index contributed by atoms with van der Waals surface area (Å²) in [6.45, 7) is 4.72. The number of halogens is 1. The first kappa shape index (κ1) is 20.1. The van der Waals surface area contributed by atoms with Gasteiger partial charge in [-0.2, -0.15) is 0 Å². The highest BCUT2D eigenvalue weighted by Crippen LogP contribution is 2.39. The van der Waals surface area contributed by atoms with Crippen LogP contribution >= 0.6 is 15.9 Å². The van der Waals surface area contributed by atoms with Crippen molar-refractivity contribution in [3.05, 3.63) is 69.7 Å². The molecule has 2 aromatic rings. The zero-order valence-electron chi connectivity index (χ0n) is 16.0. The Kier molecular flexibility index (Phi) is 5.89. The molecular formula is C22H22BrNO4. The summed E-state index contributed by atoms with van der Waals surface area (Å²) in [6, 6.07) is 13.6. The van der Waals surface area contributed by atoms with Crippen molar-refractivity contribution in [2.24, 2.45) is 5.92 Å². The van der Waals surface area contributed by atoms with Crippen molar-refractivity contribution in [3.63, 3.8) is 0 Å². The molecule has 0 spiro atoms. The second-order valence-electron chi connectivity index (χ2n) is 7.19. The van der Waals surface area contributed by atoms with Gasteiger partial charge in [0.05, 0.1) is 18.2 Å². The lowest BCUT2D eigenvalue weighted by Crippen LogP contribution is -2.24. The van der Waals surface area contributed by atoms with Gasteiger partial charge in [0.15, 0.2) is 0 Å². The number of ether oxygens (including phenoxy) is 1. The molecule has 1 amide bonds. The van der Waals surface area contributed by atoms with Crippen LogP contribution in [-0.2, 0) is 9.59 Å². The standard InChI is InChI=1S/C22H22BrNO4/c1-13(2)12-28-17-9-7-14(8-10-17)20(25)18-19(24(3)22(27)21(18)26)15-5-4-6-16(23)11-15/h4-11,13,19,25H,12H2,1-3H3. The minimum Gasteiger partial charge on any atom is -0.507 e. The second-order valence-corrected chi connectivity index (χ2v) is 8.11. The molecule has 1 atom stereocenters. The van der Waals surface area contributed by atoms with E-state index in [2.05, 4.69) is 29.8 Å². The summed E-state index contributed by atoms with van der Waals surface area (Å²) in [7, 11) is 1.56. The van der Waals surface area contributed by atoms with Gasteiger partial charge in [-0.05, 0) is 47.9 Å². The highest BCUT2D eigenvalue weighted by molar-refractivity contribution is 9.10. The number of likely N-dealkylation sites (N-methyl/N-ethyl adjacent to an activating group) is 1. The second kappa shape index (κ2) is 8.19. The van der Waals surface area contributed by atoms with E-state index in [1.165, 1.54) is 4.90 Å². The van der Waals surface area contributed by atoms with E-state index in [0.717, 1.165) is 10.0 Å². The first-order chi connectivity index (χ1) is 13.3. The van der Waals surface area contributed by atoms with E-state index < -0.39 is 17.7 Å². The van der Waals surface area contributed by atoms with Gasteiger partial charge >= 0.3 is 0 Å². The van der Waals surface area contributed by atoms with E-state index >= 15 is 0 Å². The van der Waals surface area contributed by atoms with Gasteiger partial charge in [0.1, 0.15) is 11.5 Å². The Labute approximate surface area is 172 Å². The number of carbonyl (C=O) groups is 2. The van der Waals surface area contributed by atoms with Gasteiger partial charge < -0.3 is 14.7 Å². The number of amides is 1. The largest absolute Gasteiger partial charge is 0.507 e. The minimum absolute atomic E-state index is 0.0847. The van der Waals surface area contributed by atoms with Gasteiger partial charge in [0.2, 0.25) is 0 Å². The van der Waals surface area contributed by atoms with Crippen LogP contribution in [0.15, 0.2) is 58.6 Å². The SMILES string of the molecule is CC(C)COc1ccc(C(O)=C2C(=O)C(=O)N(C)C2c2cccc(Br)c2)cc1. The molecule has 1 N–H and O–H groups in total. The van der Waals surface area contributed by atoms with Gasteiger partial charge in [0.25, 0.3) is 11.7 Å². The molecule has 0 aliphatic carbocycles. The Balaban J connectivity index is 2.00. The zero-order valence-corrected chi connectivity index (χ0v) is 17.6. The van der Waals surface area contributed by atoms with Crippen molar-refractivity contribution in [1.82, 2.24) is 4.90 Å². The molecule has 1 unspecified atom stereocenters. The Morgan fingerprint density at radius 1 is 1.18 bits per heavy atom. The Bertz CT molecular complexity index is 934. The molecule has 0 saturated carbocycles. The number of nitrogens with zero attached hydrogens (tertiary/aromatic N) is 1. The van der Waals surface area contributed by atoms with Crippen LogP contribution in [-0.4, -0.2) is 35.4 Å². The predicted octanol–water partition coefficient (Wildman–Crippen LogP) is 4.54. The fraction of sp³-hybridized carbons (Fsp3) is 0.273. The number of Topliss-reactive ketones (excluding diaryl/α,β-unsaturated/α-hetero) is 1. The smallest absolute Gasteiger partial charge is 0.295 e. The van der Waals surface area contributed by atoms with Crippen LogP contribution in [0.4, 0.5) is 0 Å². The molecular weight excluding hydrogens is 422 g/mol. The minimum atomic E-state index is -0.690. The number of aliphatic hydroxyl groups excluding tert-OH is 1. The number of hydrogen-bond acceptors (Lipinski definition) is 4. The third-order valence-corrected chi connectivity index (χ3v) is 5.04. The normalized spacial score (nSPS) is 18.8. The molecule has 0 bridgehead atoms. The van der Waals surface area contributed by atoms with Gasteiger partial charge in [-0.25, -0.2) is 0 Å². The van der Waals surface area contributed by atoms with Gasteiger partial charge in [-0.3, -0.25) is 9.59 Å². The molecule has 0 radical (unpaired) electrons. The lowest BCUT2D eigenvalue weighted by Gasteiger charge is -2.21. The lowest BCUT2D eigenvalue weighted by atomic mass is 9.95. The van der Waals surface area contributed by atoms with Crippen LogP contribution in [0.2, 0.25) is 0 Å². The number of carbonyl (C=O) groups excluding carboxylic acids is 2. The Hall–Kier alpha value is -2.60. The van der Waals surface area contributed by atoms with Crippen molar-refractivity contribution >= 4 is 33.4 Å². The predicted molar refractivity (Wildman–Crippen MR) is 111 cm³/mol. The third-order valence-electron chi connectivity index (χ3n) is 4.55. The van der Waals surface area contributed by atoms with E-state index in [9.17, 15) is 14.7 Å². The van der Waals surface area contributed by atoms with E-state index in [1.54, 1.807) is 31.3 Å². The number of rotatable bonds is 5. The lowest BCUT2D eigenvalue weighted by molar-refractivity contribution is -0.139. The van der Waals surface area contributed by atoms with Gasteiger partial charge in [-0.1, -0.05) is 41.9 Å². The van der Waals surface area contributed by atoms with E-state index in [-0.39, 0.29) is 11.3 Å². The fourth-order valence-electron chi connectivity index (χ4n) is 3.14. The first-order valence-corrected chi connectivity index (χ1v) is 9.82. The molecule has 1 heterocycles. The molecule has 1 saturated heterocycles. The summed E-state index contributed by atoms with van der Waals surface area (Å²) in [4.78, 5) is 26.3. The maximum atomic E-state index is 12.6. The molecule has 1 aliphatic rings. The number of hydrogen-bond donors (Lipinski definition) is 1. The van der Waals surface area contributed by atoms with Gasteiger partial charge in [-0.15, -0.1) is 0 Å². The van der Waals surface area contributed by atoms with Crippen molar-refractivity contribution in [2.45, 2.75) is 19.9 Å². The molecule has 1 aliphatic heterocycles. The summed E-state index contributed by atoms with van der Waals surface area (Å²) >= 11 is 3.41. The molecule has 2 aromatic carbocycles. The molecule has 146 valence electrons. The van der Waals surface area contributed by atoms with Crippen molar-refractivity contribution in [3.8, 4) is 5.75 Å². The van der Waals surface area contributed by atoms with Crippen LogP contribution < -0.4 is 4.74 Å². The molecule has 28 heavy (non-hydrogen) atoms. The molecule has 3 rings (SSSR count). The summed E-state index contributed by atoms with van der Waals surface area (Å²) in [6.07, 6.45) is 0.